The summed E-state index contributed by atoms with van der Waals surface area (Å²) in [5.74, 6) is -0.543. The van der Waals surface area contributed by atoms with Gasteiger partial charge in [-0.15, -0.1) is 11.6 Å². The SMILES string of the molecule is COC(=O)Cc1ccc(CN(C(=O)CCl)c2c(C)cccc2C)n1C. The van der Waals surface area contributed by atoms with Crippen molar-refractivity contribution in [2.75, 3.05) is 17.9 Å². The van der Waals surface area contributed by atoms with Crippen LogP contribution in [0, 0.1) is 13.8 Å². The van der Waals surface area contributed by atoms with E-state index in [0.717, 1.165) is 28.2 Å². The number of benzene rings is 1. The van der Waals surface area contributed by atoms with Gasteiger partial charge in [0.05, 0.1) is 20.1 Å². The molecule has 1 aromatic heterocycles. The monoisotopic (exact) mass is 362 g/mol. The first-order chi connectivity index (χ1) is 11.9. The van der Waals surface area contributed by atoms with Crippen LogP contribution >= 0.6 is 11.6 Å². The largest absolute Gasteiger partial charge is 0.469 e. The van der Waals surface area contributed by atoms with Crippen molar-refractivity contribution in [1.29, 1.82) is 0 Å². The first kappa shape index (κ1) is 19.1. The average Bonchev–Trinajstić information content (AvgIpc) is 2.93. The number of methoxy groups -OCH3 is 1. The molecular weight excluding hydrogens is 340 g/mol. The molecule has 2 rings (SSSR count). The number of halogens is 1. The Kier molecular flexibility index (Phi) is 6.26. The van der Waals surface area contributed by atoms with Crippen LogP contribution in [-0.2, 0) is 34.3 Å². The second-order valence-corrected chi connectivity index (χ2v) is 6.25. The molecule has 5 nitrogen and oxygen atoms in total. The lowest BCUT2D eigenvalue weighted by Crippen LogP contribution is -2.33. The van der Waals surface area contributed by atoms with Gasteiger partial charge in [0.15, 0.2) is 0 Å². The molecule has 1 heterocycles. The standard InChI is InChI=1S/C19H23ClN2O3/c1-13-6-5-7-14(2)19(13)22(17(23)11-20)12-16-9-8-15(21(16)3)10-18(24)25-4/h5-9H,10-12H2,1-4H3. The fraction of sp³-hybridized carbons (Fsp3) is 0.368. The predicted octanol–water partition coefficient (Wildman–Crippen LogP) is 3.13. The van der Waals surface area contributed by atoms with E-state index in [1.165, 1.54) is 7.11 Å². The molecule has 0 aliphatic heterocycles. The van der Waals surface area contributed by atoms with Crippen molar-refractivity contribution < 1.29 is 14.3 Å². The van der Waals surface area contributed by atoms with Crippen LogP contribution in [0.5, 0.6) is 0 Å². The number of esters is 1. The second-order valence-electron chi connectivity index (χ2n) is 5.98. The quantitative estimate of drug-likeness (QED) is 0.586. The van der Waals surface area contributed by atoms with Gasteiger partial charge in [0, 0.05) is 24.1 Å². The van der Waals surface area contributed by atoms with Gasteiger partial charge in [-0.05, 0) is 37.1 Å². The maximum Gasteiger partial charge on any atom is 0.311 e. The highest BCUT2D eigenvalue weighted by Crippen LogP contribution is 2.27. The van der Waals surface area contributed by atoms with Crippen LogP contribution in [0.15, 0.2) is 30.3 Å². The van der Waals surface area contributed by atoms with Crippen LogP contribution in [0.25, 0.3) is 0 Å². The van der Waals surface area contributed by atoms with Crippen LogP contribution in [0.1, 0.15) is 22.5 Å². The third-order valence-electron chi connectivity index (χ3n) is 4.33. The van der Waals surface area contributed by atoms with Crippen LogP contribution in [0.2, 0.25) is 0 Å². The summed E-state index contributed by atoms with van der Waals surface area (Å²) in [5, 5.41) is 0. The lowest BCUT2D eigenvalue weighted by molar-refractivity contribution is -0.139. The first-order valence-corrected chi connectivity index (χ1v) is 8.55. The Bertz CT molecular complexity index is 763. The minimum absolute atomic E-state index is 0.0901. The van der Waals surface area contributed by atoms with E-state index in [-0.39, 0.29) is 24.2 Å². The zero-order chi connectivity index (χ0) is 18.6. The predicted molar refractivity (Wildman–Crippen MR) is 99.0 cm³/mol. The van der Waals surface area contributed by atoms with Gasteiger partial charge in [-0.1, -0.05) is 18.2 Å². The molecule has 0 fully saturated rings. The normalized spacial score (nSPS) is 10.6. The number of hydrogen-bond donors (Lipinski definition) is 0. The summed E-state index contributed by atoms with van der Waals surface area (Å²) < 4.78 is 6.64. The van der Waals surface area contributed by atoms with Gasteiger partial charge < -0.3 is 14.2 Å². The minimum Gasteiger partial charge on any atom is -0.469 e. The van der Waals surface area contributed by atoms with E-state index in [9.17, 15) is 9.59 Å². The van der Waals surface area contributed by atoms with Crippen molar-refractivity contribution in [3.05, 3.63) is 52.8 Å². The number of carbonyl (C=O) groups is 2. The molecule has 134 valence electrons. The fourth-order valence-corrected chi connectivity index (χ4v) is 3.06. The number of aromatic nitrogens is 1. The Labute approximate surface area is 153 Å². The Balaban J connectivity index is 2.36. The maximum atomic E-state index is 12.5. The van der Waals surface area contributed by atoms with Gasteiger partial charge in [0.1, 0.15) is 5.88 Å². The van der Waals surface area contributed by atoms with Crippen molar-refractivity contribution in [3.8, 4) is 0 Å². The molecule has 0 spiro atoms. The summed E-state index contributed by atoms with van der Waals surface area (Å²) in [6.07, 6.45) is 0.194. The number of amides is 1. The molecule has 0 saturated heterocycles. The number of anilines is 1. The van der Waals surface area contributed by atoms with Gasteiger partial charge in [-0.25, -0.2) is 0 Å². The highest BCUT2D eigenvalue weighted by molar-refractivity contribution is 6.29. The summed E-state index contributed by atoms with van der Waals surface area (Å²) in [5.41, 5.74) is 4.66. The zero-order valence-corrected chi connectivity index (χ0v) is 15.8. The van der Waals surface area contributed by atoms with E-state index in [2.05, 4.69) is 0 Å². The van der Waals surface area contributed by atoms with E-state index < -0.39 is 0 Å². The van der Waals surface area contributed by atoms with E-state index in [4.69, 9.17) is 16.3 Å². The molecule has 6 heteroatoms. The molecule has 0 atom stereocenters. The molecule has 0 saturated carbocycles. The van der Waals surface area contributed by atoms with Crippen LogP contribution in [0.4, 0.5) is 5.69 Å². The molecule has 25 heavy (non-hydrogen) atoms. The molecule has 1 aromatic carbocycles. The fourth-order valence-electron chi connectivity index (χ4n) is 2.91. The lowest BCUT2D eigenvalue weighted by atomic mass is 10.1. The van der Waals surface area contributed by atoms with Crippen molar-refractivity contribution in [1.82, 2.24) is 4.57 Å². The van der Waals surface area contributed by atoms with Gasteiger partial charge in [0.25, 0.3) is 0 Å². The number of rotatable bonds is 6. The molecule has 0 radical (unpaired) electrons. The third kappa shape index (κ3) is 4.23. The van der Waals surface area contributed by atoms with Gasteiger partial charge in [-0.3, -0.25) is 9.59 Å². The Morgan fingerprint density at radius 2 is 1.72 bits per heavy atom. The second kappa shape index (κ2) is 8.21. The smallest absolute Gasteiger partial charge is 0.311 e. The maximum absolute atomic E-state index is 12.5. The highest BCUT2D eigenvalue weighted by Gasteiger charge is 2.21. The van der Waals surface area contributed by atoms with E-state index >= 15 is 0 Å². The highest BCUT2D eigenvalue weighted by atomic mass is 35.5. The zero-order valence-electron chi connectivity index (χ0n) is 15.0. The van der Waals surface area contributed by atoms with Gasteiger partial charge in [-0.2, -0.15) is 0 Å². The third-order valence-corrected chi connectivity index (χ3v) is 4.56. The summed E-state index contributed by atoms with van der Waals surface area (Å²) in [6.45, 7) is 4.34. The number of ether oxygens (including phenoxy) is 1. The van der Waals surface area contributed by atoms with Crippen molar-refractivity contribution in [3.63, 3.8) is 0 Å². The Morgan fingerprint density at radius 1 is 1.12 bits per heavy atom. The number of aryl methyl sites for hydroxylation is 2. The molecule has 0 aliphatic carbocycles. The average molecular weight is 363 g/mol. The molecule has 2 aromatic rings. The molecular formula is C19H23ClN2O3. The van der Waals surface area contributed by atoms with Gasteiger partial charge in [0.2, 0.25) is 5.91 Å². The van der Waals surface area contributed by atoms with Crippen molar-refractivity contribution in [2.45, 2.75) is 26.8 Å². The topological polar surface area (TPSA) is 51.5 Å². The molecule has 0 N–H and O–H groups in total. The molecule has 0 unspecified atom stereocenters. The minimum atomic E-state index is -0.295. The van der Waals surface area contributed by atoms with E-state index in [0.29, 0.717) is 6.54 Å². The number of hydrogen-bond acceptors (Lipinski definition) is 3. The van der Waals surface area contributed by atoms with Crippen LogP contribution in [-0.4, -0.2) is 29.4 Å². The van der Waals surface area contributed by atoms with Crippen LogP contribution < -0.4 is 4.90 Å². The van der Waals surface area contributed by atoms with E-state index in [1.54, 1.807) is 4.90 Å². The lowest BCUT2D eigenvalue weighted by Gasteiger charge is -2.26. The molecule has 0 bridgehead atoms. The molecule has 0 aliphatic rings. The van der Waals surface area contributed by atoms with Crippen molar-refractivity contribution in [2.24, 2.45) is 7.05 Å². The van der Waals surface area contributed by atoms with Crippen LogP contribution in [0.3, 0.4) is 0 Å². The summed E-state index contributed by atoms with van der Waals surface area (Å²) in [7, 11) is 3.25. The van der Waals surface area contributed by atoms with Crippen molar-refractivity contribution >= 4 is 29.2 Å². The number of carbonyl (C=O) groups excluding carboxylic acids is 2. The van der Waals surface area contributed by atoms with E-state index in [1.807, 2.05) is 55.8 Å². The summed E-state index contributed by atoms with van der Waals surface area (Å²) in [6, 6.07) is 9.71. The first-order valence-electron chi connectivity index (χ1n) is 8.01. The number of para-hydroxylation sites is 1. The van der Waals surface area contributed by atoms with Gasteiger partial charge >= 0.3 is 5.97 Å². The Morgan fingerprint density at radius 3 is 2.28 bits per heavy atom. The summed E-state index contributed by atoms with van der Waals surface area (Å²) in [4.78, 5) is 25.7. The summed E-state index contributed by atoms with van der Waals surface area (Å²) >= 11 is 5.84. The number of alkyl halides is 1. The Hall–Kier alpha value is -2.27. The number of nitrogens with zero attached hydrogens (tertiary/aromatic N) is 2. The molecule has 1 amide bonds.